The maximum Gasteiger partial charge on any atom is 0.351 e. The molecule has 0 atom stereocenters. The highest BCUT2D eigenvalue weighted by atomic mass is 16.7. The molecule has 2 aromatic carbocycles. The van der Waals surface area contributed by atoms with Gasteiger partial charge in [0.2, 0.25) is 18.3 Å². The van der Waals surface area contributed by atoms with Crippen LogP contribution in [0.4, 0.5) is 11.5 Å². The van der Waals surface area contributed by atoms with E-state index in [1.54, 1.807) is 29.2 Å². The maximum atomic E-state index is 13.1. The fraction of sp³-hybridized carbons (Fsp3) is 0.200. The van der Waals surface area contributed by atoms with Crippen molar-refractivity contribution in [2.24, 2.45) is 0 Å². The lowest BCUT2D eigenvalue weighted by molar-refractivity contribution is -0.117. The lowest BCUT2D eigenvalue weighted by Crippen LogP contribution is -2.28. The van der Waals surface area contributed by atoms with Gasteiger partial charge in [-0.05, 0) is 24.3 Å². The number of hydrogen-bond acceptors (Lipinski definition) is 7. The Morgan fingerprint density at radius 1 is 1.17 bits per heavy atom. The SMILES string of the molecule is CN(C)c1nc2ccccc2n2c(=O)n(CC(=O)Nc3ccc4c(c3)OCO4)nc12. The van der Waals surface area contributed by atoms with E-state index in [0.717, 1.165) is 4.68 Å². The van der Waals surface area contributed by atoms with E-state index in [0.29, 0.717) is 39.7 Å². The average Bonchev–Trinajstić information content (AvgIpc) is 3.32. The first-order chi connectivity index (χ1) is 14.5. The fourth-order valence-corrected chi connectivity index (χ4v) is 3.40. The second kappa shape index (κ2) is 6.76. The van der Waals surface area contributed by atoms with Crippen molar-refractivity contribution in [1.29, 1.82) is 0 Å². The molecule has 1 aliphatic heterocycles. The number of nitrogens with zero attached hydrogens (tertiary/aromatic N) is 5. The standard InChI is InChI=1S/C20H18N6O4/c1-24(2)18-19-23-25(20(28)26(19)14-6-4-3-5-13(14)22-18)10-17(27)21-12-7-8-15-16(9-12)30-11-29-15/h3-9H,10-11H2,1-2H3,(H,21,27). The summed E-state index contributed by atoms with van der Waals surface area (Å²) in [6, 6.07) is 12.4. The number of rotatable bonds is 4. The number of ether oxygens (including phenoxy) is 2. The normalized spacial score (nSPS) is 12.5. The molecule has 1 aliphatic rings. The second-order valence-corrected chi connectivity index (χ2v) is 7.03. The molecule has 0 aliphatic carbocycles. The van der Waals surface area contributed by atoms with Crippen LogP contribution in [0.15, 0.2) is 47.3 Å². The zero-order chi connectivity index (χ0) is 20.8. The van der Waals surface area contributed by atoms with Crippen molar-refractivity contribution in [3.63, 3.8) is 0 Å². The molecule has 0 saturated carbocycles. The summed E-state index contributed by atoms with van der Waals surface area (Å²) in [7, 11) is 3.65. The molecule has 10 nitrogen and oxygen atoms in total. The maximum absolute atomic E-state index is 13.1. The van der Waals surface area contributed by atoms with E-state index in [2.05, 4.69) is 15.4 Å². The highest BCUT2D eigenvalue weighted by Gasteiger charge is 2.19. The number of carbonyl (C=O) groups excluding carboxylic acids is 1. The van der Waals surface area contributed by atoms with Crippen molar-refractivity contribution in [3.8, 4) is 11.5 Å². The number of amides is 1. The Morgan fingerprint density at radius 3 is 2.80 bits per heavy atom. The van der Waals surface area contributed by atoms with Crippen LogP contribution in [0.1, 0.15) is 0 Å². The third kappa shape index (κ3) is 2.89. The number of fused-ring (bicyclic) bond motifs is 4. The van der Waals surface area contributed by atoms with E-state index >= 15 is 0 Å². The van der Waals surface area contributed by atoms with Crippen LogP contribution in [0, 0.1) is 0 Å². The van der Waals surface area contributed by atoms with Crippen molar-refractivity contribution in [1.82, 2.24) is 19.2 Å². The summed E-state index contributed by atoms with van der Waals surface area (Å²) < 4.78 is 13.2. The van der Waals surface area contributed by atoms with Crippen molar-refractivity contribution in [2.45, 2.75) is 6.54 Å². The molecule has 30 heavy (non-hydrogen) atoms. The molecule has 5 rings (SSSR count). The minimum absolute atomic E-state index is 0.152. The van der Waals surface area contributed by atoms with Gasteiger partial charge in [-0.15, -0.1) is 5.10 Å². The molecular formula is C20H18N6O4. The molecule has 3 heterocycles. The molecule has 0 bridgehead atoms. The van der Waals surface area contributed by atoms with Gasteiger partial charge < -0.3 is 19.7 Å². The predicted octanol–water partition coefficient (Wildman–Crippen LogP) is 1.48. The molecule has 0 unspecified atom stereocenters. The van der Waals surface area contributed by atoms with Gasteiger partial charge in [0, 0.05) is 25.8 Å². The molecule has 0 radical (unpaired) electrons. The van der Waals surface area contributed by atoms with Crippen LogP contribution in [0.3, 0.4) is 0 Å². The number of anilines is 2. The van der Waals surface area contributed by atoms with Gasteiger partial charge in [-0.1, -0.05) is 12.1 Å². The number of carbonyl (C=O) groups is 1. The van der Waals surface area contributed by atoms with Crippen LogP contribution >= 0.6 is 0 Å². The summed E-state index contributed by atoms with van der Waals surface area (Å²) in [5, 5.41) is 7.14. The second-order valence-electron chi connectivity index (χ2n) is 7.03. The van der Waals surface area contributed by atoms with Crippen LogP contribution < -0.4 is 25.4 Å². The molecule has 1 amide bonds. The van der Waals surface area contributed by atoms with Crippen LogP contribution in [-0.2, 0) is 11.3 Å². The summed E-state index contributed by atoms with van der Waals surface area (Å²) in [4.78, 5) is 32.0. The van der Waals surface area contributed by atoms with Crippen molar-refractivity contribution in [2.75, 3.05) is 31.1 Å². The van der Waals surface area contributed by atoms with Gasteiger partial charge in [-0.25, -0.2) is 18.9 Å². The minimum atomic E-state index is -0.410. The van der Waals surface area contributed by atoms with E-state index in [9.17, 15) is 9.59 Å². The van der Waals surface area contributed by atoms with Gasteiger partial charge in [0.1, 0.15) is 6.54 Å². The first-order valence-corrected chi connectivity index (χ1v) is 9.26. The van der Waals surface area contributed by atoms with Gasteiger partial charge in [0.05, 0.1) is 11.0 Å². The van der Waals surface area contributed by atoms with Crippen LogP contribution in [0.2, 0.25) is 0 Å². The topological polar surface area (TPSA) is 103 Å². The Hall–Kier alpha value is -4.08. The van der Waals surface area contributed by atoms with E-state index in [1.165, 1.54) is 4.40 Å². The number of hydrogen-bond donors (Lipinski definition) is 1. The highest BCUT2D eigenvalue weighted by Crippen LogP contribution is 2.34. The molecule has 0 fully saturated rings. The van der Waals surface area contributed by atoms with E-state index in [-0.39, 0.29) is 19.2 Å². The van der Waals surface area contributed by atoms with Crippen LogP contribution in [0.5, 0.6) is 11.5 Å². The molecule has 4 aromatic rings. The Kier molecular flexibility index (Phi) is 4.05. The number of para-hydroxylation sites is 2. The highest BCUT2D eigenvalue weighted by molar-refractivity contribution is 5.91. The third-order valence-corrected chi connectivity index (χ3v) is 4.76. The first kappa shape index (κ1) is 18.0. The summed E-state index contributed by atoms with van der Waals surface area (Å²) >= 11 is 0. The van der Waals surface area contributed by atoms with Gasteiger partial charge in [-0.3, -0.25) is 4.79 Å². The molecule has 0 saturated heterocycles. The Morgan fingerprint density at radius 2 is 1.97 bits per heavy atom. The molecule has 10 heteroatoms. The van der Waals surface area contributed by atoms with Gasteiger partial charge in [0.15, 0.2) is 17.3 Å². The van der Waals surface area contributed by atoms with Gasteiger partial charge >= 0.3 is 5.69 Å². The van der Waals surface area contributed by atoms with Crippen LogP contribution in [-0.4, -0.2) is 46.0 Å². The fourth-order valence-electron chi connectivity index (χ4n) is 3.40. The lowest BCUT2D eigenvalue weighted by Gasteiger charge is -2.12. The molecule has 0 spiro atoms. The quantitative estimate of drug-likeness (QED) is 0.548. The molecule has 1 N–H and O–H groups in total. The van der Waals surface area contributed by atoms with Gasteiger partial charge in [-0.2, -0.15) is 0 Å². The largest absolute Gasteiger partial charge is 0.454 e. The number of aromatic nitrogens is 4. The lowest BCUT2D eigenvalue weighted by atomic mass is 10.3. The molecule has 152 valence electrons. The smallest absolute Gasteiger partial charge is 0.351 e. The molecule has 2 aromatic heterocycles. The van der Waals surface area contributed by atoms with Crippen molar-refractivity contribution >= 4 is 34.1 Å². The summed E-state index contributed by atoms with van der Waals surface area (Å²) in [6.45, 7) is -0.0876. The van der Waals surface area contributed by atoms with E-state index in [4.69, 9.17) is 9.47 Å². The average molecular weight is 406 g/mol. The Bertz CT molecular complexity index is 1360. The van der Waals surface area contributed by atoms with Crippen molar-refractivity contribution < 1.29 is 14.3 Å². The first-order valence-electron chi connectivity index (χ1n) is 9.26. The van der Waals surface area contributed by atoms with E-state index < -0.39 is 5.69 Å². The summed E-state index contributed by atoms with van der Waals surface area (Å²) in [6.07, 6.45) is 0. The predicted molar refractivity (Wildman–Crippen MR) is 110 cm³/mol. The Balaban J connectivity index is 1.51. The molecular weight excluding hydrogens is 388 g/mol. The van der Waals surface area contributed by atoms with Crippen LogP contribution in [0.25, 0.3) is 16.7 Å². The van der Waals surface area contributed by atoms with Gasteiger partial charge in [0.25, 0.3) is 0 Å². The minimum Gasteiger partial charge on any atom is -0.454 e. The zero-order valence-corrected chi connectivity index (χ0v) is 16.3. The van der Waals surface area contributed by atoms with Crippen molar-refractivity contribution in [3.05, 3.63) is 52.9 Å². The zero-order valence-electron chi connectivity index (χ0n) is 16.3. The number of nitrogens with one attached hydrogen (secondary N) is 1. The number of benzene rings is 2. The summed E-state index contributed by atoms with van der Waals surface area (Å²) in [5.74, 6) is 1.34. The van der Waals surface area contributed by atoms with E-state index in [1.807, 2.05) is 32.3 Å². The summed E-state index contributed by atoms with van der Waals surface area (Å²) in [5.41, 5.74) is 1.82. The monoisotopic (exact) mass is 406 g/mol. The Labute approximate surface area is 170 Å². The third-order valence-electron chi connectivity index (χ3n) is 4.76.